The molecule has 8 heteroatoms. The fraction of sp³-hybridized carbons (Fsp3) is 0.200. The molecule has 0 aliphatic rings. The molecular weight excluding hydrogens is 260 g/mol. The van der Waals surface area contributed by atoms with E-state index in [2.05, 4.69) is 15.1 Å². The second kappa shape index (κ2) is 5.01. The first-order chi connectivity index (χ1) is 8.56. The van der Waals surface area contributed by atoms with Crippen molar-refractivity contribution in [1.82, 2.24) is 19.7 Å². The number of aryl methyl sites for hydroxylation is 1. The number of nitrogens with zero attached hydrogens (tertiary/aromatic N) is 4. The van der Waals surface area contributed by atoms with Crippen molar-refractivity contribution in [3.63, 3.8) is 0 Å². The second-order valence-electron chi connectivity index (χ2n) is 3.39. The lowest BCUT2D eigenvalue weighted by atomic mass is 10.2. The Kier molecular flexibility index (Phi) is 3.42. The zero-order chi connectivity index (χ0) is 13.1. The molecule has 7 nitrogen and oxygen atoms in total. The molecule has 0 aliphatic heterocycles. The normalized spacial score (nSPS) is 10.3. The van der Waals surface area contributed by atoms with Crippen LogP contribution in [0.1, 0.15) is 0 Å². The number of hydrogen-bond donors (Lipinski definition) is 1. The fourth-order valence-corrected chi connectivity index (χ4v) is 1.52. The van der Waals surface area contributed by atoms with Gasteiger partial charge in [-0.05, 0) is 12.1 Å². The SMILES string of the molecule is Cn1nc(OCC(=O)O)nc1-c1ccnc(Cl)c1. The molecule has 18 heavy (non-hydrogen) atoms. The smallest absolute Gasteiger partial charge is 0.341 e. The summed E-state index contributed by atoms with van der Waals surface area (Å²) in [4.78, 5) is 18.3. The van der Waals surface area contributed by atoms with Crippen molar-refractivity contribution in [2.24, 2.45) is 7.05 Å². The number of halogens is 1. The van der Waals surface area contributed by atoms with Crippen molar-refractivity contribution >= 4 is 17.6 Å². The predicted molar refractivity (Wildman–Crippen MR) is 62.4 cm³/mol. The van der Waals surface area contributed by atoms with Crippen LogP contribution in [0.15, 0.2) is 18.3 Å². The number of ether oxygens (including phenoxy) is 1. The number of carbonyl (C=O) groups is 1. The molecule has 0 aromatic carbocycles. The van der Waals surface area contributed by atoms with E-state index in [0.717, 1.165) is 5.56 Å². The number of carboxylic acid groups (broad SMARTS) is 1. The van der Waals surface area contributed by atoms with Crippen molar-refractivity contribution < 1.29 is 14.6 Å². The molecule has 2 aromatic rings. The van der Waals surface area contributed by atoms with Crippen LogP contribution < -0.4 is 4.74 Å². The van der Waals surface area contributed by atoms with Gasteiger partial charge in [0.15, 0.2) is 12.4 Å². The molecule has 2 heterocycles. The third-order valence-electron chi connectivity index (χ3n) is 2.05. The largest absolute Gasteiger partial charge is 0.479 e. The van der Waals surface area contributed by atoms with Gasteiger partial charge in [-0.3, -0.25) is 0 Å². The maximum absolute atomic E-state index is 10.4. The Balaban J connectivity index is 2.26. The Morgan fingerprint density at radius 1 is 1.61 bits per heavy atom. The van der Waals surface area contributed by atoms with E-state index in [0.29, 0.717) is 11.0 Å². The van der Waals surface area contributed by atoms with Crippen LogP contribution >= 0.6 is 11.6 Å². The fourth-order valence-electron chi connectivity index (χ4n) is 1.34. The van der Waals surface area contributed by atoms with Gasteiger partial charge in [0.2, 0.25) is 0 Å². The minimum atomic E-state index is -1.09. The predicted octanol–water partition coefficient (Wildman–Crippen LogP) is 0.994. The summed E-state index contributed by atoms with van der Waals surface area (Å²) in [5.41, 5.74) is 0.718. The van der Waals surface area contributed by atoms with Gasteiger partial charge in [-0.15, -0.1) is 5.10 Å². The molecule has 1 N–H and O–H groups in total. The van der Waals surface area contributed by atoms with Crippen LogP contribution in [0.3, 0.4) is 0 Å². The quantitative estimate of drug-likeness (QED) is 0.832. The first-order valence-corrected chi connectivity index (χ1v) is 5.31. The summed E-state index contributed by atoms with van der Waals surface area (Å²) in [5, 5.41) is 12.8. The van der Waals surface area contributed by atoms with Crippen LogP contribution in [0.25, 0.3) is 11.4 Å². The van der Waals surface area contributed by atoms with Crippen molar-refractivity contribution in [2.75, 3.05) is 6.61 Å². The van der Waals surface area contributed by atoms with Crippen molar-refractivity contribution in [3.8, 4) is 17.4 Å². The van der Waals surface area contributed by atoms with Gasteiger partial charge in [0.1, 0.15) is 5.15 Å². The summed E-state index contributed by atoms with van der Waals surface area (Å²) in [7, 11) is 1.67. The monoisotopic (exact) mass is 268 g/mol. The second-order valence-corrected chi connectivity index (χ2v) is 3.78. The Hall–Kier alpha value is -2.15. The molecule has 2 aromatic heterocycles. The Morgan fingerprint density at radius 2 is 2.39 bits per heavy atom. The van der Waals surface area contributed by atoms with Crippen molar-refractivity contribution in [3.05, 3.63) is 23.5 Å². The topological polar surface area (TPSA) is 90.1 Å². The maximum atomic E-state index is 10.4. The van der Waals surface area contributed by atoms with Crippen LogP contribution in [0, 0.1) is 0 Å². The summed E-state index contributed by atoms with van der Waals surface area (Å²) in [6.45, 7) is -0.486. The molecule has 0 spiro atoms. The lowest BCUT2D eigenvalue weighted by molar-refractivity contribution is -0.139. The number of carboxylic acids is 1. The Morgan fingerprint density at radius 3 is 3.06 bits per heavy atom. The third kappa shape index (κ3) is 2.75. The highest BCUT2D eigenvalue weighted by molar-refractivity contribution is 6.29. The first kappa shape index (κ1) is 12.3. The van der Waals surface area contributed by atoms with Crippen LogP contribution in [0.5, 0.6) is 6.01 Å². The standard InChI is InChI=1S/C10H9ClN4O3/c1-15-9(6-2-3-12-7(11)4-6)13-10(14-15)18-5-8(16)17/h2-4H,5H2,1H3,(H,16,17). The van der Waals surface area contributed by atoms with Crippen LogP contribution in [-0.4, -0.2) is 37.4 Å². The molecule has 0 aliphatic carbocycles. The number of pyridine rings is 1. The van der Waals surface area contributed by atoms with Gasteiger partial charge in [-0.1, -0.05) is 11.6 Å². The van der Waals surface area contributed by atoms with Gasteiger partial charge < -0.3 is 9.84 Å². The van der Waals surface area contributed by atoms with E-state index >= 15 is 0 Å². The molecule has 0 bridgehead atoms. The highest BCUT2D eigenvalue weighted by atomic mass is 35.5. The lowest BCUT2D eigenvalue weighted by Crippen LogP contribution is -2.10. The first-order valence-electron chi connectivity index (χ1n) is 4.94. The average Bonchev–Trinajstić information content (AvgIpc) is 2.68. The molecule has 0 saturated carbocycles. The van der Waals surface area contributed by atoms with E-state index in [1.807, 2.05) is 0 Å². The van der Waals surface area contributed by atoms with Gasteiger partial charge in [-0.25, -0.2) is 14.5 Å². The summed E-state index contributed by atoms with van der Waals surface area (Å²) in [5.74, 6) is -0.573. The molecule has 0 atom stereocenters. The minimum Gasteiger partial charge on any atom is -0.479 e. The van der Waals surface area contributed by atoms with Crippen LogP contribution in [-0.2, 0) is 11.8 Å². The molecule has 0 saturated heterocycles. The highest BCUT2D eigenvalue weighted by Gasteiger charge is 2.11. The van der Waals surface area contributed by atoms with E-state index < -0.39 is 12.6 Å². The third-order valence-corrected chi connectivity index (χ3v) is 2.26. The maximum Gasteiger partial charge on any atom is 0.341 e. The zero-order valence-corrected chi connectivity index (χ0v) is 10.1. The molecule has 0 amide bonds. The van der Waals surface area contributed by atoms with Crippen molar-refractivity contribution in [2.45, 2.75) is 0 Å². The Bertz CT molecular complexity index is 584. The average molecular weight is 269 g/mol. The molecule has 0 fully saturated rings. The molecule has 0 radical (unpaired) electrons. The lowest BCUT2D eigenvalue weighted by Gasteiger charge is -1.98. The van der Waals surface area contributed by atoms with Gasteiger partial charge in [0.05, 0.1) is 0 Å². The van der Waals surface area contributed by atoms with Gasteiger partial charge in [0, 0.05) is 18.8 Å². The zero-order valence-electron chi connectivity index (χ0n) is 9.37. The highest BCUT2D eigenvalue weighted by Crippen LogP contribution is 2.20. The van der Waals surface area contributed by atoms with E-state index in [1.54, 1.807) is 25.4 Å². The summed E-state index contributed by atoms with van der Waals surface area (Å²) < 4.78 is 6.36. The van der Waals surface area contributed by atoms with E-state index in [4.69, 9.17) is 21.4 Å². The van der Waals surface area contributed by atoms with E-state index in [1.165, 1.54) is 4.68 Å². The number of rotatable bonds is 4. The van der Waals surface area contributed by atoms with Crippen LogP contribution in [0.2, 0.25) is 5.15 Å². The number of aliphatic carboxylic acids is 1. The van der Waals surface area contributed by atoms with Crippen molar-refractivity contribution in [1.29, 1.82) is 0 Å². The van der Waals surface area contributed by atoms with Gasteiger partial charge in [0.25, 0.3) is 0 Å². The molecular formula is C10H9ClN4O3. The van der Waals surface area contributed by atoms with E-state index in [-0.39, 0.29) is 6.01 Å². The summed E-state index contributed by atoms with van der Waals surface area (Å²) in [6, 6.07) is 3.35. The van der Waals surface area contributed by atoms with E-state index in [9.17, 15) is 4.79 Å². The van der Waals surface area contributed by atoms with Gasteiger partial charge in [-0.2, -0.15) is 4.98 Å². The van der Waals surface area contributed by atoms with Gasteiger partial charge >= 0.3 is 12.0 Å². The molecule has 94 valence electrons. The number of aromatic nitrogens is 4. The number of hydrogen-bond acceptors (Lipinski definition) is 5. The van der Waals surface area contributed by atoms with Crippen LogP contribution in [0.4, 0.5) is 0 Å². The Labute approximate surface area is 107 Å². The summed E-state index contributed by atoms with van der Waals surface area (Å²) >= 11 is 5.78. The summed E-state index contributed by atoms with van der Waals surface area (Å²) in [6.07, 6.45) is 1.55. The minimum absolute atomic E-state index is 0.00262. The molecule has 0 unspecified atom stereocenters. The molecule has 2 rings (SSSR count).